The van der Waals surface area contributed by atoms with E-state index in [1.165, 1.54) is 19.3 Å². The van der Waals surface area contributed by atoms with Crippen LogP contribution in [-0.4, -0.2) is 10.9 Å². The van der Waals surface area contributed by atoms with Gasteiger partial charge in [0.05, 0.1) is 0 Å². The molecule has 0 aromatic carbocycles. The number of hydrogen-bond acceptors (Lipinski definition) is 2. The minimum absolute atomic E-state index is 0.180. The van der Waals surface area contributed by atoms with Crippen molar-refractivity contribution in [3.63, 3.8) is 0 Å². The zero-order chi connectivity index (χ0) is 12.7. The van der Waals surface area contributed by atoms with Crippen molar-refractivity contribution < 1.29 is 4.79 Å². The molecule has 2 aliphatic carbocycles. The highest BCUT2D eigenvalue weighted by molar-refractivity contribution is 5.92. The topological polar surface area (TPSA) is 42.0 Å². The molecule has 0 unspecified atom stereocenters. The minimum Gasteiger partial charge on any atom is -0.310 e. The zero-order valence-electron chi connectivity index (χ0n) is 11.1. The van der Waals surface area contributed by atoms with Crippen LogP contribution >= 0.6 is 0 Å². The van der Waals surface area contributed by atoms with Gasteiger partial charge < -0.3 is 5.32 Å². The highest BCUT2D eigenvalue weighted by Crippen LogP contribution is 2.48. The lowest BCUT2D eigenvalue weighted by molar-refractivity contribution is -0.121. The lowest BCUT2D eigenvalue weighted by Crippen LogP contribution is -2.27. The number of anilines is 1. The van der Waals surface area contributed by atoms with E-state index in [-0.39, 0.29) is 11.8 Å². The van der Waals surface area contributed by atoms with E-state index in [2.05, 4.69) is 10.3 Å². The third-order valence-corrected chi connectivity index (χ3v) is 4.42. The summed E-state index contributed by atoms with van der Waals surface area (Å²) in [4.78, 5) is 16.7. The molecule has 3 nitrogen and oxygen atoms in total. The second kappa shape index (κ2) is 4.38. The Kier molecular flexibility index (Phi) is 2.84. The normalized spacial score (nSPS) is 29.6. The molecular weight excluding hydrogens is 224 g/mol. The number of carbonyl (C=O) groups is 1. The average molecular weight is 244 g/mol. The van der Waals surface area contributed by atoms with Gasteiger partial charge in [0.25, 0.3) is 0 Å². The second-order valence-corrected chi connectivity index (χ2v) is 5.94. The van der Waals surface area contributed by atoms with Crippen molar-refractivity contribution in [1.29, 1.82) is 0 Å². The number of rotatable bonds is 2. The summed E-state index contributed by atoms with van der Waals surface area (Å²) in [5, 5.41) is 3.00. The van der Waals surface area contributed by atoms with Gasteiger partial charge >= 0.3 is 0 Å². The molecule has 1 amide bonds. The van der Waals surface area contributed by atoms with Crippen LogP contribution in [-0.2, 0) is 4.79 Å². The number of nitrogens with one attached hydrogen (secondary N) is 1. The van der Waals surface area contributed by atoms with Gasteiger partial charge in [-0.25, -0.2) is 4.98 Å². The first kappa shape index (κ1) is 11.7. The Bertz CT molecular complexity index is 463. The van der Waals surface area contributed by atoms with Gasteiger partial charge in [-0.05, 0) is 62.6 Å². The molecule has 2 fully saturated rings. The summed E-state index contributed by atoms with van der Waals surface area (Å²) in [6.07, 6.45) is 4.92. The highest BCUT2D eigenvalue weighted by Gasteiger charge is 2.43. The van der Waals surface area contributed by atoms with Crippen molar-refractivity contribution in [3.8, 4) is 0 Å². The van der Waals surface area contributed by atoms with E-state index >= 15 is 0 Å². The van der Waals surface area contributed by atoms with E-state index in [9.17, 15) is 4.79 Å². The van der Waals surface area contributed by atoms with E-state index in [1.54, 1.807) is 0 Å². The molecule has 3 heteroatoms. The fraction of sp³-hybridized carbons (Fsp3) is 0.600. The molecule has 2 aliphatic rings. The second-order valence-electron chi connectivity index (χ2n) is 5.94. The molecule has 1 N–H and O–H groups in total. The maximum absolute atomic E-state index is 12.3. The lowest BCUT2D eigenvalue weighted by atomic mass is 9.88. The molecule has 96 valence electrons. The van der Waals surface area contributed by atoms with E-state index in [4.69, 9.17) is 0 Å². The number of aryl methyl sites for hydroxylation is 2. The molecule has 0 saturated heterocycles. The number of nitrogens with zero attached hydrogens (tertiary/aromatic N) is 1. The zero-order valence-corrected chi connectivity index (χ0v) is 11.1. The average Bonchev–Trinajstić information content (AvgIpc) is 2.88. The quantitative estimate of drug-likeness (QED) is 0.868. The fourth-order valence-electron chi connectivity index (χ4n) is 3.69. The van der Waals surface area contributed by atoms with Crippen LogP contribution in [0.4, 0.5) is 5.82 Å². The van der Waals surface area contributed by atoms with Crippen LogP contribution in [0.3, 0.4) is 0 Å². The Labute approximate surface area is 108 Å². The third kappa shape index (κ3) is 2.14. The molecule has 1 heterocycles. The van der Waals surface area contributed by atoms with Crippen LogP contribution in [0.5, 0.6) is 0 Å². The number of aromatic nitrogens is 1. The Hall–Kier alpha value is -1.38. The van der Waals surface area contributed by atoms with Crippen LogP contribution in [0.2, 0.25) is 0 Å². The summed E-state index contributed by atoms with van der Waals surface area (Å²) in [7, 11) is 0. The van der Waals surface area contributed by atoms with Crippen LogP contribution in [0.25, 0.3) is 0 Å². The molecule has 0 radical (unpaired) electrons. The van der Waals surface area contributed by atoms with Crippen molar-refractivity contribution in [1.82, 2.24) is 4.98 Å². The standard InChI is InChI=1S/C15H20N2O/c1-9-5-10(2)16-14(6-9)17-15(18)13-8-11-3-4-12(13)7-11/h5-6,11-13H,3-4,7-8H2,1-2H3,(H,16,17,18)/t11-,12+,13+/m1/s1. The predicted octanol–water partition coefficient (Wildman–Crippen LogP) is 3.07. The van der Waals surface area contributed by atoms with E-state index in [1.807, 2.05) is 26.0 Å². The number of pyridine rings is 1. The monoisotopic (exact) mass is 244 g/mol. The van der Waals surface area contributed by atoms with Crippen molar-refractivity contribution in [2.45, 2.75) is 39.5 Å². The molecule has 0 aliphatic heterocycles. The van der Waals surface area contributed by atoms with Gasteiger partial charge in [-0.15, -0.1) is 0 Å². The molecule has 1 aromatic rings. The van der Waals surface area contributed by atoms with Crippen LogP contribution < -0.4 is 5.32 Å². The Morgan fingerprint density at radius 2 is 2.11 bits per heavy atom. The summed E-state index contributed by atoms with van der Waals surface area (Å²) in [5.41, 5.74) is 2.10. The van der Waals surface area contributed by atoms with Crippen molar-refractivity contribution in [3.05, 3.63) is 23.4 Å². The summed E-state index contributed by atoms with van der Waals surface area (Å²) >= 11 is 0. The van der Waals surface area contributed by atoms with Crippen molar-refractivity contribution in [2.75, 3.05) is 5.32 Å². The molecular formula is C15H20N2O. The summed E-state index contributed by atoms with van der Waals surface area (Å²) in [5.74, 6) is 2.55. The van der Waals surface area contributed by atoms with Gasteiger partial charge in [0.1, 0.15) is 5.82 Å². The molecule has 3 atom stereocenters. The largest absolute Gasteiger partial charge is 0.310 e. The Morgan fingerprint density at radius 1 is 1.28 bits per heavy atom. The highest BCUT2D eigenvalue weighted by atomic mass is 16.2. The Morgan fingerprint density at radius 3 is 2.72 bits per heavy atom. The summed E-state index contributed by atoms with van der Waals surface area (Å²) in [6.45, 7) is 3.99. The molecule has 18 heavy (non-hydrogen) atoms. The summed E-state index contributed by atoms with van der Waals surface area (Å²) in [6, 6.07) is 3.96. The molecule has 2 saturated carbocycles. The Balaban J connectivity index is 1.70. The molecule has 2 bridgehead atoms. The van der Waals surface area contributed by atoms with Crippen molar-refractivity contribution in [2.24, 2.45) is 17.8 Å². The van der Waals surface area contributed by atoms with Gasteiger partial charge in [-0.1, -0.05) is 6.42 Å². The maximum Gasteiger partial charge on any atom is 0.228 e. The van der Waals surface area contributed by atoms with Gasteiger partial charge in [0.2, 0.25) is 5.91 Å². The first-order valence-corrected chi connectivity index (χ1v) is 6.88. The van der Waals surface area contributed by atoms with Gasteiger partial charge in [0, 0.05) is 11.6 Å². The number of amides is 1. The predicted molar refractivity (Wildman–Crippen MR) is 71.3 cm³/mol. The van der Waals surface area contributed by atoms with E-state index in [0.717, 1.165) is 23.6 Å². The van der Waals surface area contributed by atoms with E-state index < -0.39 is 0 Å². The van der Waals surface area contributed by atoms with Gasteiger partial charge in [-0.3, -0.25) is 4.79 Å². The molecule has 1 aromatic heterocycles. The number of hydrogen-bond donors (Lipinski definition) is 1. The van der Waals surface area contributed by atoms with Crippen molar-refractivity contribution >= 4 is 11.7 Å². The smallest absolute Gasteiger partial charge is 0.228 e. The SMILES string of the molecule is Cc1cc(C)nc(NC(=O)[C@H]2C[C@@H]3CC[C@H]2C3)c1. The first-order valence-electron chi connectivity index (χ1n) is 6.88. The number of fused-ring (bicyclic) bond motifs is 2. The molecule has 0 spiro atoms. The van der Waals surface area contributed by atoms with Gasteiger partial charge in [0.15, 0.2) is 0 Å². The number of carbonyl (C=O) groups excluding carboxylic acids is 1. The third-order valence-electron chi connectivity index (χ3n) is 4.42. The van der Waals surface area contributed by atoms with Crippen LogP contribution in [0.15, 0.2) is 12.1 Å². The van der Waals surface area contributed by atoms with Gasteiger partial charge in [-0.2, -0.15) is 0 Å². The van der Waals surface area contributed by atoms with Crippen LogP contribution in [0.1, 0.15) is 36.9 Å². The van der Waals surface area contributed by atoms with Crippen LogP contribution in [0, 0.1) is 31.6 Å². The maximum atomic E-state index is 12.3. The molecule has 3 rings (SSSR count). The van der Waals surface area contributed by atoms with E-state index in [0.29, 0.717) is 11.7 Å². The summed E-state index contributed by atoms with van der Waals surface area (Å²) < 4.78 is 0. The fourth-order valence-corrected chi connectivity index (χ4v) is 3.69. The first-order chi connectivity index (χ1) is 8.61. The lowest BCUT2D eigenvalue weighted by Gasteiger charge is -2.20. The minimum atomic E-state index is 0.180.